The zero-order valence-corrected chi connectivity index (χ0v) is 10.9. The Balaban J connectivity index is 2.33. The molecule has 0 aliphatic carbocycles. The van der Waals surface area contributed by atoms with Gasteiger partial charge in [-0.15, -0.1) is 0 Å². The van der Waals surface area contributed by atoms with E-state index in [2.05, 4.69) is 0 Å². The Hall–Kier alpha value is -2.80. The predicted molar refractivity (Wildman–Crippen MR) is 71.4 cm³/mol. The van der Waals surface area contributed by atoms with Gasteiger partial charge in [0.25, 0.3) is 11.7 Å². The quantitative estimate of drug-likeness (QED) is 0.489. The maximum atomic E-state index is 11.4. The molecule has 108 valence electrons. The highest BCUT2D eigenvalue weighted by atomic mass is 16.6. The van der Waals surface area contributed by atoms with Crippen LogP contribution in [0.15, 0.2) is 54.9 Å². The number of nitro benzene ring substituents is 1. The Morgan fingerprint density at radius 2 is 1.71 bits per heavy atom. The highest BCUT2D eigenvalue weighted by molar-refractivity contribution is 5.71. The first-order chi connectivity index (χ1) is 10.0. The van der Waals surface area contributed by atoms with E-state index in [0.29, 0.717) is 5.56 Å². The number of pyridine rings is 1. The first-order valence-corrected chi connectivity index (χ1v) is 6.11. The van der Waals surface area contributed by atoms with Gasteiger partial charge < -0.3 is 10.2 Å². The van der Waals surface area contributed by atoms with E-state index in [1.807, 2.05) is 0 Å². The molecule has 0 bridgehead atoms. The van der Waals surface area contributed by atoms with Crippen LogP contribution in [0.3, 0.4) is 0 Å². The molecule has 0 saturated heterocycles. The van der Waals surface area contributed by atoms with Gasteiger partial charge in [-0.1, -0.05) is 6.07 Å². The minimum absolute atomic E-state index is 0.120. The number of carbonyl (C=O) groups is 1. The number of benzene rings is 1. The van der Waals surface area contributed by atoms with E-state index in [9.17, 15) is 25.1 Å². The van der Waals surface area contributed by atoms with Crippen LogP contribution in [0.25, 0.3) is 0 Å². The SMILES string of the molecule is O=C(O)C(C(O)c1ccc([N+](=O)[O-])cc1)[n+]1ccccc1. The Bertz CT molecular complexity index is 642. The molecule has 0 radical (unpaired) electrons. The van der Waals surface area contributed by atoms with Gasteiger partial charge in [-0.05, 0) is 17.7 Å². The Morgan fingerprint density at radius 3 is 2.19 bits per heavy atom. The lowest BCUT2D eigenvalue weighted by molar-refractivity contribution is -0.719. The number of non-ortho nitro benzene ring substituents is 1. The van der Waals surface area contributed by atoms with Crippen LogP contribution in [0, 0.1) is 10.1 Å². The number of rotatable bonds is 5. The lowest BCUT2D eigenvalue weighted by Crippen LogP contribution is -2.46. The standard InChI is InChI=1S/C14H12N2O5/c17-13(10-4-6-11(7-5-10)16(20)21)12(14(18)19)15-8-2-1-3-9-15/h1-9,12-13,17H/p+1. The molecule has 2 rings (SSSR count). The molecule has 0 aliphatic heterocycles. The summed E-state index contributed by atoms with van der Waals surface area (Å²) in [5.41, 5.74) is 0.176. The molecular weight excluding hydrogens is 276 g/mol. The van der Waals surface area contributed by atoms with Crippen molar-refractivity contribution >= 4 is 11.7 Å². The van der Waals surface area contributed by atoms with E-state index >= 15 is 0 Å². The Kier molecular flexibility index (Phi) is 4.24. The van der Waals surface area contributed by atoms with E-state index in [4.69, 9.17) is 0 Å². The molecule has 0 fully saturated rings. The molecule has 2 atom stereocenters. The average Bonchev–Trinajstić information content (AvgIpc) is 2.48. The van der Waals surface area contributed by atoms with Crippen molar-refractivity contribution in [1.29, 1.82) is 0 Å². The second kappa shape index (κ2) is 6.10. The number of aliphatic hydroxyl groups is 1. The largest absolute Gasteiger partial charge is 0.476 e. The van der Waals surface area contributed by atoms with Crippen molar-refractivity contribution in [1.82, 2.24) is 0 Å². The number of hydrogen-bond donors (Lipinski definition) is 2. The number of aliphatic hydroxyl groups excluding tert-OH is 1. The topological polar surface area (TPSA) is 105 Å². The maximum Gasteiger partial charge on any atom is 0.376 e. The summed E-state index contributed by atoms with van der Waals surface area (Å²) in [6.07, 6.45) is 1.75. The molecule has 1 aromatic heterocycles. The molecule has 0 aliphatic rings. The lowest BCUT2D eigenvalue weighted by atomic mass is 10.0. The van der Waals surface area contributed by atoms with E-state index in [-0.39, 0.29) is 5.69 Å². The zero-order valence-electron chi connectivity index (χ0n) is 10.9. The third-order valence-corrected chi connectivity index (χ3v) is 3.06. The smallest absolute Gasteiger partial charge is 0.376 e. The Morgan fingerprint density at radius 1 is 1.14 bits per heavy atom. The molecule has 7 nitrogen and oxygen atoms in total. The van der Waals surface area contributed by atoms with E-state index < -0.39 is 23.0 Å². The van der Waals surface area contributed by atoms with Gasteiger partial charge in [-0.3, -0.25) is 10.1 Å². The number of aromatic nitrogens is 1. The number of carboxylic acids is 1. The Labute approximate surface area is 119 Å². The highest BCUT2D eigenvalue weighted by Gasteiger charge is 2.36. The van der Waals surface area contributed by atoms with Gasteiger partial charge in [0.2, 0.25) is 0 Å². The first-order valence-electron chi connectivity index (χ1n) is 6.11. The summed E-state index contributed by atoms with van der Waals surface area (Å²) in [6.45, 7) is 0. The summed E-state index contributed by atoms with van der Waals surface area (Å²) in [4.78, 5) is 21.4. The van der Waals surface area contributed by atoms with Gasteiger partial charge in [-0.2, -0.15) is 4.57 Å². The lowest BCUT2D eigenvalue weighted by Gasteiger charge is -2.15. The van der Waals surface area contributed by atoms with Gasteiger partial charge in [0.15, 0.2) is 18.5 Å². The summed E-state index contributed by atoms with van der Waals surface area (Å²) in [5, 5.41) is 30.2. The summed E-state index contributed by atoms with van der Waals surface area (Å²) < 4.78 is 1.37. The number of nitro groups is 1. The average molecular weight is 289 g/mol. The summed E-state index contributed by atoms with van der Waals surface area (Å²) in [7, 11) is 0. The molecule has 2 N–H and O–H groups in total. The number of aliphatic carboxylic acids is 1. The van der Waals surface area contributed by atoms with Crippen LogP contribution in [0.1, 0.15) is 17.7 Å². The van der Waals surface area contributed by atoms with Crippen LogP contribution < -0.4 is 4.57 Å². The summed E-state index contributed by atoms with van der Waals surface area (Å²) in [6, 6.07) is 8.97. The second-order valence-electron chi connectivity index (χ2n) is 4.40. The maximum absolute atomic E-state index is 11.4. The summed E-state index contributed by atoms with van der Waals surface area (Å²) >= 11 is 0. The number of hydrogen-bond acceptors (Lipinski definition) is 4. The van der Waals surface area contributed by atoms with Gasteiger partial charge in [0.1, 0.15) is 0 Å². The van der Waals surface area contributed by atoms with Crippen LogP contribution >= 0.6 is 0 Å². The zero-order chi connectivity index (χ0) is 15.4. The molecule has 1 heterocycles. The molecule has 2 aromatic rings. The van der Waals surface area contributed by atoms with Gasteiger partial charge in [0, 0.05) is 24.3 Å². The van der Waals surface area contributed by atoms with Crippen LogP contribution in [0.4, 0.5) is 5.69 Å². The van der Waals surface area contributed by atoms with Gasteiger partial charge in [-0.25, -0.2) is 4.79 Å². The summed E-state index contributed by atoms with van der Waals surface area (Å²) in [5.74, 6) is -1.20. The molecular formula is C14H13N2O5+. The van der Waals surface area contributed by atoms with E-state index in [1.54, 1.807) is 18.2 Å². The molecule has 0 saturated carbocycles. The van der Waals surface area contributed by atoms with Crippen molar-refractivity contribution in [2.45, 2.75) is 12.1 Å². The van der Waals surface area contributed by atoms with Crippen LogP contribution in [-0.2, 0) is 4.79 Å². The van der Waals surface area contributed by atoms with Crippen molar-refractivity contribution in [2.24, 2.45) is 0 Å². The van der Waals surface area contributed by atoms with E-state index in [0.717, 1.165) is 0 Å². The van der Waals surface area contributed by atoms with Crippen molar-refractivity contribution < 1.29 is 24.5 Å². The van der Waals surface area contributed by atoms with Crippen molar-refractivity contribution in [2.75, 3.05) is 0 Å². The van der Waals surface area contributed by atoms with Gasteiger partial charge >= 0.3 is 5.97 Å². The molecule has 1 aromatic carbocycles. The molecule has 0 spiro atoms. The molecule has 7 heteroatoms. The normalized spacial score (nSPS) is 13.4. The molecule has 21 heavy (non-hydrogen) atoms. The third-order valence-electron chi connectivity index (χ3n) is 3.06. The fourth-order valence-corrected chi connectivity index (χ4v) is 2.00. The van der Waals surface area contributed by atoms with Crippen molar-refractivity contribution in [3.63, 3.8) is 0 Å². The minimum atomic E-state index is -1.32. The highest BCUT2D eigenvalue weighted by Crippen LogP contribution is 2.24. The first kappa shape index (κ1) is 14.6. The monoisotopic (exact) mass is 289 g/mol. The van der Waals surface area contributed by atoms with Crippen molar-refractivity contribution in [3.8, 4) is 0 Å². The fourth-order valence-electron chi connectivity index (χ4n) is 2.00. The number of nitrogens with zero attached hydrogens (tertiary/aromatic N) is 2. The van der Waals surface area contributed by atoms with Crippen LogP contribution in [0.2, 0.25) is 0 Å². The minimum Gasteiger partial charge on any atom is -0.476 e. The molecule has 0 amide bonds. The van der Waals surface area contributed by atoms with E-state index in [1.165, 1.54) is 41.2 Å². The molecule has 2 unspecified atom stereocenters. The third kappa shape index (κ3) is 3.21. The number of carboxylic acid groups (broad SMARTS) is 1. The predicted octanol–water partition coefficient (Wildman–Crippen LogP) is 1.24. The van der Waals surface area contributed by atoms with Crippen LogP contribution in [0.5, 0.6) is 0 Å². The van der Waals surface area contributed by atoms with Crippen LogP contribution in [-0.4, -0.2) is 21.1 Å². The van der Waals surface area contributed by atoms with Crippen molar-refractivity contribution in [3.05, 3.63) is 70.5 Å². The fraction of sp³-hybridized carbons (Fsp3) is 0.143. The van der Waals surface area contributed by atoms with Gasteiger partial charge in [0.05, 0.1) is 4.92 Å². The second-order valence-corrected chi connectivity index (χ2v) is 4.40.